The number of imidazole rings is 1. The molecule has 1 unspecified atom stereocenters. The van der Waals surface area contributed by atoms with Gasteiger partial charge >= 0.3 is 0 Å². The van der Waals surface area contributed by atoms with Crippen LogP contribution >= 0.6 is 0 Å². The van der Waals surface area contributed by atoms with Crippen molar-refractivity contribution in [2.45, 2.75) is 32.6 Å². The molecule has 2 aromatic rings. The molecule has 5 heteroatoms. The van der Waals surface area contributed by atoms with Crippen LogP contribution in [0.2, 0.25) is 0 Å². The predicted octanol–water partition coefficient (Wildman–Crippen LogP) is 2.82. The van der Waals surface area contributed by atoms with Crippen molar-refractivity contribution in [2.75, 3.05) is 19.7 Å². The molecule has 1 amide bonds. The van der Waals surface area contributed by atoms with Crippen LogP contribution in [0.5, 0.6) is 5.75 Å². The largest absolute Gasteiger partial charge is 0.484 e. The number of ether oxygens (including phenoxy) is 1. The van der Waals surface area contributed by atoms with E-state index in [0.29, 0.717) is 5.92 Å². The van der Waals surface area contributed by atoms with Crippen LogP contribution < -0.4 is 4.74 Å². The maximum absolute atomic E-state index is 12.5. The molecule has 0 N–H and O–H groups in total. The summed E-state index contributed by atoms with van der Waals surface area (Å²) in [5, 5.41) is 0. The van der Waals surface area contributed by atoms with E-state index < -0.39 is 0 Å². The number of hydrogen-bond acceptors (Lipinski definition) is 3. The van der Waals surface area contributed by atoms with Crippen LogP contribution in [-0.2, 0) is 11.8 Å². The average molecular weight is 327 g/mol. The summed E-state index contributed by atoms with van der Waals surface area (Å²) in [4.78, 5) is 18.8. The lowest BCUT2D eigenvalue weighted by atomic mass is 9.97. The highest BCUT2D eigenvalue weighted by Gasteiger charge is 2.27. The number of nitrogens with zero attached hydrogens (tertiary/aromatic N) is 3. The summed E-state index contributed by atoms with van der Waals surface area (Å²) >= 11 is 0. The first-order valence-electron chi connectivity index (χ1n) is 8.49. The van der Waals surface area contributed by atoms with Gasteiger partial charge in [-0.05, 0) is 49.9 Å². The highest BCUT2D eigenvalue weighted by Crippen LogP contribution is 2.25. The Balaban J connectivity index is 1.58. The molecule has 0 aliphatic carbocycles. The van der Waals surface area contributed by atoms with E-state index in [-0.39, 0.29) is 12.5 Å². The Kier molecular flexibility index (Phi) is 4.88. The number of hydrogen-bond donors (Lipinski definition) is 0. The predicted molar refractivity (Wildman–Crippen MR) is 93.2 cm³/mol. The van der Waals surface area contributed by atoms with Gasteiger partial charge in [0, 0.05) is 38.4 Å². The van der Waals surface area contributed by atoms with Gasteiger partial charge in [-0.2, -0.15) is 0 Å². The van der Waals surface area contributed by atoms with E-state index in [0.717, 1.165) is 37.5 Å². The number of rotatable bonds is 4. The average Bonchev–Trinajstić information content (AvgIpc) is 3.02. The Hall–Kier alpha value is -2.30. The maximum atomic E-state index is 12.5. The first-order chi connectivity index (χ1) is 11.5. The molecule has 0 saturated carbocycles. The number of benzene rings is 1. The van der Waals surface area contributed by atoms with Gasteiger partial charge < -0.3 is 14.2 Å². The molecule has 24 heavy (non-hydrogen) atoms. The van der Waals surface area contributed by atoms with Gasteiger partial charge in [0.2, 0.25) is 0 Å². The number of aromatic nitrogens is 2. The molecule has 0 radical (unpaired) electrons. The van der Waals surface area contributed by atoms with Crippen molar-refractivity contribution in [2.24, 2.45) is 7.05 Å². The summed E-state index contributed by atoms with van der Waals surface area (Å²) in [6.45, 7) is 5.73. The van der Waals surface area contributed by atoms with Gasteiger partial charge in [-0.3, -0.25) is 4.79 Å². The first-order valence-corrected chi connectivity index (χ1v) is 8.49. The zero-order valence-electron chi connectivity index (χ0n) is 14.7. The standard InChI is InChI=1S/C19H25N3O2/c1-14-6-7-17(11-15(14)2)24-13-18(23)22-9-4-5-16(12-22)19-20-8-10-21(19)3/h6-8,10-11,16H,4-5,9,12-13H2,1-3H3. The molecule has 1 saturated heterocycles. The number of carbonyl (C=O) groups is 1. The highest BCUT2D eigenvalue weighted by molar-refractivity contribution is 5.78. The van der Waals surface area contributed by atoms with Crippen molar-refractivity contribution in [3.63, 3.8) is 0 Å². The van der Waals surface area contributed by atoms with Gasteiger partial charge in [0.25, 0.3) is 5.91 Å². The molecular weight excluding hydrogens is 302 g/mol. The summed E-state index contributed by atoms with van der Waals surface area (Å²) < 4.78 is 7.74. The summed E-state index contributed by atoms with van der Waals surface area (Å²) in [6, 6.07) is 5.92. The maximum Gasteiger partial charge on any atom is 0.260 e. The highest BCUT2D eigenvalue weighted by atomic mass is 16.5. The molecule has 1 atom stereocenters. The van der Waals surface area contributed by atoms with Gasteiger partial charge in [0.1, 0.15) is 11.6 Å². The number of piperidine rings is 1. The van der Waals surface area contributed by atoms with E-state index in [4.69, 9.17) is 4.74 Å². The van der Waals surface area contributed by atoms with Gasteiger partial charge in [-0.25, -0.2) is 4.98 Å². The lowest BCUT2D eigenvalue weighted by Crippen LogP contribution is -2.42. The van der Waals surface area contributed by atoms with Crippen LogP contribution in [-0.4, -0.2) is 40.1 Å². The van der Waals surface area contributed by atoms with E-state index in [1.807, 2.05) is 54.0 Å². The molecule has 1 aliphatic rings. The Morgan fingerprint density at radius 2 is 2.17 bits per heavy atom. The monoisotopic (exact) mass is 327 g/mol. The third-order valence-corrected chi connectivity index (χ3v) is 4.84. The molecule has 0 bridgehead atoms. The van der Waals surface area contributed by atoms with Crippen LogP contribution in [0.25, 0.3) is 0 Å². The lowest BCUT2D eigenvalue weighted by Gasteiger charge is -2.32. The summed E-state index contributed by atoms with van der Waals surface area (Å²) in [5.41, 5.74) is 2.40. The van der Waals surface area contributed by atoms with Gasteiger partial charge in [-0.1, -0.05) is 6.07 Å². The molecule has 1 aromatic carbocycles. The Morgan fingerprint density at radius 3 is 2.88 bits per heavy atom. The van der Waals surface area contributed by atoms with Crippen molar-refractivity contribution >= 4 is 5.91 Å². The minimum Gasteiger partial charge on any atom is -0.484 e. The Morgan fingerprint density at radius 1 is 1.33 bits per heavy atom. The molecule has 1 aliphatic heterocycles. The minimum atomic E-state index is 0.0483. The van der Waals surface area contributed by atoms with Crippen molar-refractivity contribution in [3.8, 4) is 5.75 Å². The Labute approximate surface area is 143 Å². The van der Waals surface area contributed by atoms with E-state index in [1.165, 1.54) is 11.1 Å². The van der Waals surface area contributed by atoms with E-state index >= 15 is 0 Å². The van der Waals surface area contributed by atoms with Crippen molar-refractivity contribution in [3.05, 3.63) is 47.5 Å². The van der Waals surface area contributed by atoms with Crippen molar-refractivity contribution in [1.29, 1.82) is 0 Å². The topological polar surface area (TPSA) is 47.4 Å². The quantitative estimate of drug-likeness (QED) is 0.867. The van der Waals surface area contributed by atoms with Crippen LogP contribution in [0.15, 0.2) is 30.6 Å². The van der Waals surface area contributed by atoms with Crippen molar-refractivity contribution < 1.29 is 9.53 Å². The molecule has 2 heterocycles. The second-order valence-corrected chi connectivity index (χ2v) is 6.61. The number of aryl methyl sites for hydroxylation is 3. The summed E-state index contributed by atoms with van der Waals surface area (Å²) in [5.74, 6) is 2.17. The molecule has 0 spiro atoms. The normalized spacial score (nSPS) is 17.8. The van der Waals surface area contributed by atoms with Crippen LogP contribution in [0.1, 0.15) is 35.7 Å². The minimum absolute atomic E-state index is 0.0483. The second-order valence-electron chi connectivity index (χ2n) is 6.61. The van der Waals surface area contributed by atoms with Gasteiger partial charge in [0.05, 0.1) is 0 Å². The fraction of sp³-hybridized carbons (Fsp3) is 0.474. The second kappa shape index (κ2) is 7.07. The zero-order valence-corrected chi connectivity index (χ0v) is 14.7. The van der Waals surface area contributed by atoms with E-state index in [9.17, 15) is 4.79 Å². The molecule has 3 rings (SSSR count). The molecule has 1 fully saturated rings. The SMILES string of the molecule is Cc1ccc(OCC(=O)N2CCCC(c3nccn3C)C2)cc1C. The lowest BCUT2D eigenvalue weighted by molar-refractivity contribution is -0.134. The van der Waals surface area contributed by atoms with E-state index in [1.54, 1.807) is 0 Å². The van der Waals surface area contributed by atoms with Gasteiger partial charge in [-0.15, -0.1) is 0 Å². The summed E-state index contributed by atoms with van der Waals surface area (Å²) in [7, 11) is 2.01. The number of carbonyl (C=O) groups excluding carboxylic acids is 1. The fourth-order valence-electron chi connectivity index (χ4n) is 3.22. The molecular formula is C19H25N3O2. The third-order valence-electron chi connectivity index (χ3n) is 4.84. The summed E-state index contributed by atoms with van der Waals surface area (Å²) in [6.07, 6.45) is 5.86. The number of amides is 1. The van der Waals surface area contributed by atoms with Crippen molar-refractivity contribution in [1.82, 2.24) is 14.5 Å². The Bertz CT molecular complexity index is 723. The van der Waals surface area contributed by atoms with Crippen LogP contribution in [0.4, 0.5) is 0 Å². The third kappa shape index (κ3) is 3.61. The fourth-order valence-corrected chi connectivity index (χ4v) is 3.22. The van der Waals surface area contributed by atoms with Gasteiger partial charge in [0.15, 0.2) is 6.61 Å². The van der Waals surface area contributed by atoms with Crippen LogP contribution in [0.3, 0.4) is 0 Å². The molecule has 1 aromatic heterocycles. The zero-order chi connectivity index (χ0) is 17.1. The van der Waals surface area contributed by atoms with Crippen LogP contribution in [0, 0.1) is 13.8 Å². The number of likely N-dealkylation sites (tertiary alicyclic amines) is 1. The molecule has 5 nitrogen and oxygen atoms in total. The smallest absolute Gasteiger partial charge is 0.260 e. The molecule has 128 valence electrons. The van der Waals surface area contributed by atoms with E-state index in [2.05, 4.69) is 11.9 Å². The first kappa shape index (κ1) is 16.6.